The molecule has 0 amide bonds. The number of hydrogen-bond acceptors (Lipinski definition) is 0. The molecule has 0 heteroatoms. The second-order valence-corrected chi connectivity index (χ2v) is 10.8. The van der Waals surface area contributed by atoms with Crippen LogP contribution in [0.1, 0.15) is 0 Å². The fraction of sp³-hybridized carbons (Fsp3) is 0. The molecule has 0 N–H and O–H groups in total. The first-order chi connectivity index (χ1) is 19.9. The number of fused-ring (bicyclic) bond motifs is 5. The van der Waals surface area contributed by atoms with Gasteiger partial charge >= 0.3 is 0 Å². The minimum atomic E-state index is 1.25. The first-order valence-corrected chi connectivity index (χ1v) is 14.0. The molecule has 0 aliphatic carbocycles. The fourth-order valence-electron chi connectivity index (χ4n) is 7.12. The lowest BCUT2D eigenvalue weighted by Gasteiger charge is -2.22. The second kappa shape index (κ2) is 8.15. The summed E-state index contributed by atoms with van der Waals surface area (Å²) in [5, 5.41) is 15.8. The topological polar surface area (TPSA) is 0 Å². The number of rotatable bonds is 2. The van der Waals surface area contributed by atoms with Gasteiger partial charge in [-0.2, -0.15) is 0 Å². The zero-order chi connectivity index (χ0) is 26.2. The molecule has 9 rings (SSSR count). The summed E-state index contributed by atoms with van der Waals surface area (Å²) in [5.74, 6) is 0. The van der Waals surface area contributed by atoms with E-state index in [9.17, 15) is 0 Å². The maximum atomic E-state index is 2.46. The predicted octanol–water partition coefficient (Wildman–Crippen LogP) is 11.4. The van der Waals surface area contributed by atoms with E-state index in [-0.39, 0.29) is 0 Å². The Morgan fingerprint density at radius 3 is 1.52 bits per heavy atom. The molecule has 0 aliphatic heterocycles. The van der Waals surface area contributed by atoms with Crippen LogP contribution in [-0.2, 0) is 0 Å². The van der Waals surface area contributed by atoms with Gasteiger partial charge in [0, 0.05) is 0 Å². The average Bonchev–Trinajstić information content (AvgIpc) is 3.02. The molecule has 0 saturated heterocycles. The maximum absolute atomic E-state index is 2.46. The summed E-state index contributed by atoms with van der Waals surface area (Å²) in [6.07, 6.45) is 0. The third kappa shape index (κ3) is 2.91. The molecule has 0 bridgehead atoms. The van der Waals surface area contributed by atoms with Crippen molar-refractivity contribution in [1.29, 1.82) is 0 Å². The van der Waals surface area contributed by atoms with Crippen molar-refractivity contribution in [3.05, 3.63) is 146 Å². The Kier molecular flexibility index (Phi) is 4.42. The molecule has 0 aliphatic rings. The zero-order valence-electron chi connectivity index (χ0n) is 21.9. The second-order valence-electron chi connectivity index (χ2n) is 10.8. The van der Waals surface area contributed by atoms with Gasteiger partial charge in [0.15, 0.2) is 0 Å². The van der Waals surface area contributed by atoms with Crippen LogP contribution in [0.3, 0.4) is 0 Å². The predicted molar refractivity (Wildman–Crippen MR) is 174 cm³/mol. The Labute approximate surface area is 232 Å². The van der Waals surface area contributed by atoms with E-state index in [1.807, 2.05) is 0 Å². The molecule has 0 spiro atoms. The van der Waals surface area contributed by atoms with Gasteiger partial charge in [-0.3, -0.25) is 0 Å². The van der Waals surface area contributed by atoms with Crippen LogP contribution in [-0.4, -0.2) is 0 Å². The van der Waals surface area contributed by atoms with Gasteiger partial charge in [-0.15, -0.1) is 0 Å². The Hall–Kier alpha value is -5.20. The van der Waals surface area contributed by atoms with Gasteiger partial charge in [0.1, 0.15) is 0 Å². The van der Waals surface area contributed by atoms with E-state index in [0.717, 1.165) is 0 Å². The van der Waals surface area contributed by atoms with Crippen LogP contribution in [0, 0.1) is 0 Å². The van der Waals surface area contributed by atoms with Crippen LogP contribution < -0.4 is 0 Å². The van der Waals surface area contributed by atoms with Crippen molar-refractivity contribution in [3.8, 4) is 22.3 Å². The minimum absolute atomic E-state index is 1.25. The Bertz CT molecular complexity index is 2400. The van der Waals surface area contributed by atoms with Crippen molar-refractivity contribution < 1.29 is 0 Å². The standard InChI is InChI=1S/C40H24/c1-3-11-25(12-4-1)35-31-18-8-7-15-29(31)23-30-24-34-32-19-9-16-27-21-22-28-17-10-20-33(37(28)36(27)32)40(34)38(39(30)35)26-13-5-2-6-14-26/h1-24H. The van der Waals surface area contributed by atoms with Crippen LogP contribution >= 0.6 is 0 Å². The smallest absolute Gasteiger partial charge is 0.00134 e. The highest BCUT2D eigenvalue weighted by atomic mass is 14.2. The van der Waals surface area contributed by atoms with Gasteiger partial charge in [-0.05, 0) is 99.0 Å². The highest BCUT2D eigenvalue weighted by Crippen LogP contribution is 2.50. The van der Waals surface area contributed by atoms with Crippen molar-refractivity contribution >= 4 is 64.6 Å². The Morgan fingerprint density at radius 2 is 0.800 bits per heavy atom. The molecule has 184 valence electrons. The summed E-state index contributed by atoms with van der Waals surface area (Å²) in [6.45, 7) is 0. The normalized spacial score (nSPS) is 12.0. The van der Waals surface area contributed by atoms with Crippen molar-refractivity contribution in [3.63, 3.8) is 0 Å². The monoisotopic (exact) mass is 504 g/mol. The summed E-state index contributed by atoms with van der Waals surface area (Å²) in [6, 6.07) is 53.8. The first kappa shape index (κ1) is 21.7. The minimum Gasteiger partial charge on any atom is -0.0622 e. The van der Waals surface area contributed by atoms with Gasteiger partial charge in [-0.1, -0.05) is 133 Å². The largest absolute Gasteiger partial charge is 0.0622 e. The summed E-state index contributed by atoms with van der Waals surface area (Å²) < 4.78 is 0. The van der Waals surface area contributed by atoms with Crippen molar-refractivity contribution in [2.75, 3.05) is 0 Å². The van der Waals surface area contributed by atoms with Crippen molar-refractivity contribution in [2.45, 2.75) is 0 Å². The quantitative estimate of drug-likeness (QED) is 0.162. The SMILES string of the molecule is c1ccc(-c2c3ccccc3cc3cc4c5cccc6ccc7cccc(c4c(-c4ccccc4)c23)c7c65)cc1. The van der Waals surface area contributed by atoms with E-state index in [1.165, 1.54) is 86.9 Å². The first-order valence-electron chi connectivity index (χ1n) is 14.0. The van der Waals surface area contributed by atoms with E-state index in [4.69, 9.17) is 0 Å². The molecule has 0 saturated carbocycles. The van der Waals surface area contributed by atoms with Gasteiger partial charge in [0.25, 0.3) is 0 Å². The van der Waals surface area contributed by atoms with Crippen molar-refractivity contribution in [1.82, 2.24) is 0 Å². The third-order valence-electron chi connectivity index (χ3n) is 8.72. The Balaban J connectivity index is 1.66. The lowest BCUT2D eigenvalue weighted by atomic mass is 9.81. The average molecular weight is 505 g/mol. The summed E-state index contributed by atoms with van der Waals surface area (Å²) >= 11 is 0. The summed E-state index contributed by atoms with van der Waals surface area (Å²) in [4.78, 5) is 0. The number of benzene rings is 9. The van der Waals surface area contributed by atoms with E-state index >= 15 is 0 Å². The van der Waals surface area contributed by atoms with Gasteiger partial charge < -0.3 is 0 Å². The molecule has 0 atom stereocenters. The molecule has 0 unspecified atom stereocenters. The number of hydrogen-bond donors (Lipinski definition) is 0. The van der Waals surface area contributed by atoms with Crippen LogP contribution in [0.15, 0.2) is 146 Å². The molecule has 9 aromatic rings. The van der Waals surface area contributed by atoms with E-state index in [1.54, 1.807) is 0 Å². The van der Waals surface area contributed by atoms with E-state index in [0.29, 0.717) is 0 Å². The molecule has 0 fully saturated rings. The highest BCUT2D eigenvalue weighted by molar-refractivity contribution is 6.39. The molecule has 9 aromatic carbocycles. The molecule has 40 heavy (non-hydrogen) atoms. The molecular formula is C40H24. The maximum Gasteiger partial charge on any atom is -0.00134 e. The molecule has 0 radical (unpaired) electrons. The highest BCUT2D eigenvalue weighted by Gasteiger charge is 2.21. The van der Waals surface area contributed by atoms with Crippen LogP contribution in [0.5, 0.6) is 0 Å². The zero-order valence-corrected chi connectivity index (χ0v) is 21.9. The van der Waals surface area contributed by atoms with Gasteiger partial charge in [0.2, 0.25) is 0 Å². The van der Waals surface area contributed by atoms with Crippen LogP contribution in [0.2, 0.25) is 0 Å². The van der Waals surface area contributed by atoms with E-state index in [2.05, 4.69) is 146 Å². The van der Waals surface area contributed by atoms with Gasteiger partial charge in [-0.25, -0.2) is 0 Å². The molecular weight excluding hydrogens is 480 g/mol. The molecule has 0 aromatic heterocycles. The van der Waals surface area contributed by atoms with Crippen LogP contribution in [0.4, 0.5) is 0 Å². The summed E-state index contributed by atoms with van der Waals surface area (Å²) in [5.41, 5.74) is 5.12. The Morgan fingerprint density at radius 1 is 0.250 bits per heavy atom. The van der Waals surface area contributed by atoms with Crippen molar-refractivity contribution in [2.24, 2.45) is 0 Å². The fourth-order valence-corrected chi connectivity index (χ4v) is 7.12. The third-order valence-corrected chi connectivity index (χ3v) is 8.72. The molecule has 0 nitrogen and oxygen atoms in total. The van der Waals surface area contributed by atoms with Crippen LogP contribution in [0.25, 0.3) is 86.9 Å². The van der Waals surface area contributed by atoms with Gasteiger partial charge in [0.05, 0.1) is 0 Å². The summed E-state index contributed by atoms with van der Waals surface area (Å²) in [7, 11) is 0. The molecule has 0 heterocycles. The lowest BCUT2D eigenvalue weighted by molar-refractivity contribution is 1.66. The lowest BCUT2D eigenvalue weighted by Crippen LogP contribution is -1.94. The van der Waals surface area contributed by atoms with E-state index < -0.39 is 0 Å².